The standard InChI is InChI=1S/C15H28N6.HI/c1-5-20-11-18-19-14(20)9-17-15(16-4)21-7-6-13(10-21)8-12(2)3;/h11-13H,5-10H2,1-4H3,(H,16,17);1H. The molecule has 0 bridgehead atoms. The van der Waals surface area contributed by atoms with E-state index in [1.54, 1.807) is 6.33 Å². The lowest BCUT2D eigenvalue weighted by Gasteiger charge is -2.22. The van der Waals surface area contributed by atoms with Gasteiger partial charge in [0.05, 0.1) is 6.54 Å². The van der Waals surface area contributed by atoms with Crippen molar-refractivity contribution in [2.75, 3.05) is 20.1 Å². The molecular formula is C15H29IN6. The molecule has 126 valence electrons. The molecular weight excluding hydrogens is 391 g/mol. The molecule has 1 aromatic heterocycles. The Labute approximate surface area is 150 Å². The number of nitrogens with zero attached hydrogens (tertiary/aromatic N) is 5. The van der Waals surface area contributed by atoms with E-state index in [0.29, 0.717) is 6.54 Å². The van der Waals surface area contributed by atoms with Crippen LogP contribution in [-0.2, 0) is 13.1 Å². The fourth-order valence-electron chi connectivity index (χ4n) is 3.05. The molecule has 1 aliphatic rings. The maximum absolute atomic E-state index is 4.41. The number of rotatable bonds is 5. The van der Waals surface area contributed by atoms with Crippen molar-refractivity contribution in [3.63, 3.8) is 0 Å². The highest BCUT2D eigenvalue weighted by Crippen LogP contribution is 2.23. The third kappa shape index (κ3) is 5.10. The summed E-state index contributed by atoms with van der Waals surface area (Å²) in [5, 5.41) is 11.5. The fourth-order valence-corrected chi connectivity index (χ4v) is 3.05. The minimum Gasteiger partial charge on any atom is -0.349 e. The number of aliphatic imine (C=N–C) groups is 1. The Morgan fingerprint density at radius 1 is 1.50 bits per heavy atom. The van der Waals surface area contributed by atoms with Crippen LogP contribution >= 0.6 is 24.0 Å². The summed E-state index contributed by atoms with van der Waals surface area (Å²) in [6, 6.07) is 0. The highest BCUT2D eigenvalue weighted by molar-refractivity contribution is 14.0. The van der Waals surface area contributed by atoms with Crippen LogP contribution in [0.3, 0.4) is 0 Å². The zero-order valence-electron chi connectivity index (χ0n) is 14.1. The number of likely N-dealkylation sites (tertiary alicyclic amines) is 1. The molecule has 0 radical (unpaired) electrons. The Hall–Kier alpha value is -0.860. The molecule has 1 unspecified atom stereocenters. The van der Waals surface area contributed by atoms with Gasteiger partial charge < -0.3 is 14.8 Å². The maximum atomic E-state index is 4.41. The van der Waals surface area contributed by atoms with E-state index in [2.05, 4.69) is 46.2 Å². The maximum Gasteiger partial charge on any atom is 0.194 e. The summed E-state index contributed by atoms with van der Waals surface area (Å²) in [4.78, 5) is 6.77. The van der Waals surface area contributed by atoms with Crippen molar-refractivity contribution in [3.05, 3.63) is 12.2 Å². The van der Waals surface area contributed by atoms with Crippen molar-refractivity contribution in [3.8, 4) is 0 Å². The zero-order chi connectivity index (χ0) is 15.2. The smallest absolute Gasteiger partial charge is 0.194 e. The Kier molecular flexibility index (Phi) is 8.13. The largest absolute Gasteiger partial charge is 0.349 e. The minimum absolute atomic E-state index is 0. The number of hydrogen-bond acceptors (Lipinski definition) is 3. The summed E-state index contributed by atoms with van der Waals surface area (Å²) in [6.45, 7) is 10.5. The van der Waals surface area contributed by atoms with Gasteiger partial charge in [-0.25, -0.2) is 0 Å². The summed E-state index contributed by atoms with van der Waals surface area (Å²) in [5.41, 5.74) is 0. The fraction of sp³-hybridized carbons (Fsp3) is 0.800. The van der Waals surface area contributed by atoms with Gasteiger partial charge in [0.25, 0.3) is 0 Å². The van der Waals surface area contributed by atoms with Crippen LogP contribution in [0.15, 0.2) is 11.3 Å². The van der Waals surface area contributed by atoms with Crippen molar-refractivity contribution in [2.45, 2.75) is 46.7 Å². The lowest BCUT2D eigenvalue weighted by atomic mass is 9.97. The van der Waals surface area contributed by atoms with Gasteiger partial charge in [-0.05, 0) is 31.6 Å². The van der Waals surface area contributed by atoms with Gasteiger partial charge in [0.1, 0.15) is 6.33 Å². The Morgan fingerprint density at radius 2 is 2.27 bits per heavy atom. The number of aryl methyl sites for hydroxylation is 1. The first-order valence-electron chi connectivity index (χ1n) is 7.96. The van der Waals surface area contributed by atoms with Gasteiger partial charge in [-0.3, -0.25) is 4.99 Å². The van der Waals surface area contributed by atoms with E-state index in [1.807, 2.05) is 11.6 Å². The first-order chi connectivity index (χ1) is 10.1. The average Bonchev–Trinajstić information content (AvgIpc) is 3.08. The molecule has 6 nitrogen and oxygen atoms in total. The molecule has 1 fully saturated rings. The lowest BCUT2D eigenvalue weighted by molar-refractivity contribution is 0.403. The van der Waals surface area contributed by atoms with E-state index in [9.17, 15) is 0 Å². The van der Waals surface area contributed by atoms with E-state index in [-0.39, 0.29) is 24.0 Å². The first kappa shape index (κ1) is 19.2. The summed E-state index contributed by atoms with van der Waals surface area (Å²) in [5.74, 6) is 3.50. The van der Waals surface area contributed by atoms with E-state index in [0.717, 1.165) is 43.3 Å². The van der Waals surface area contributed by atoms with Crippen LogP contribution in [0, 0.1) is 11.8 Å². The van der Waals surface area contributed by atoms with E-state index < -0.39 is 0 Å². The van der Waals surface area contributed by atoms with Crippen LogP contribution in [0.25, 0.3) is 0 Å². The second-order valence-electron chi connectivity index (χ2n) is 6.16. The van der Waals surface area contributed by atoms with Gasteiger partial charge in [-0.1, -0.05) is 13.8 Å². The Morgan fingerprint density at radius 3 is 2.91 bits per heavy atom. The lowest BCUT2D eigenvalue weighted by Crippen LogP contribution is -2.40. The molecule has 1 aliphatic heterocycles. The molecule has 2 rings (SSSR count). The van der Waals surface area contributed by atoms with Gasteiger partial charge in [0, 0.05) is 26.7 Å². The normalized spacial score (nSPS) is 18.7. The van der Waals surface area contributed by atoms with Crippen LogP contribution in [0.1, 0.15) is 39.4 Å². The highest BCUT2D eigenvalue weighted by atomic mass is 127. The van der Waals surface area contributed by atoms with E-state index in [4.69, 9.17) is 0 Å². The predicted octanol–water partition coefficient (Wildman–Crippen LogP) is 2.36. The van der Waals surface area contributed by atoms with Crippen molar-refractivity contribution in [2.24, 2.45) is 16.8 Å². The second kappa shape index (κ2) is 9.32. The van der Waals surface area contributed by atoms with Gasteiger partial charge in [0.15, 0.2) is 11.8 Å². The van der Waals surface area contributed by atoms with Crippen molar-refractivity contribution >= 4 is 29.9 Å². The van der Waals surface area contributed by atoms with Crippen LogP contribution in [0.5, 0.6) is 0 Å². The minimum atomic E-state index is 0. The summed E-state index contributed by atoms with van der Waals surface area (Å²) >= 11 is 0. The second-order valence-corrected chi connectivity index (χ2v) is 6.16. The van der Waals surface area contributed by atoms with Gasteiger partial charge >= 0.3 is 0 Å². The molecule has 22 heavy (non-hydrogen) atoms. The van der Waals surface area contributed by atoms with E-state index in [1.165, 1.54) is 12.8 Å². The Balaban J connectivity index is 0.00000242. The van der Waals surface area contributed by atoms with Crippen LogP contribution in [0.4, 0.5) is 0 Å². The topological polar surface area (TPSA) is 58.3 Å². The highest BCUT2D eigenvalue weighted by Gasteiger charge is 2.25. The molecule has 7 heteroatoms. The summed E-state index contributed by atoms with van der Waals surface area (Å²) in [7, 11) is 1.85. The number of halogens is 1. The third-order valence-electron chi connectivity index (χ3n) is 4.04. The van der Waals surface area contributed by atoms with Gasteiger partial charge in [-0.2, -0.15) is 0 Å². The first-order valence-corrected chi connectivity index (χ1v) is 7.96. The van der Waals surface area contributed by atoms with Crippen molar-refractivity contribution in [1.29, 1.82) is 0 Å². The summed E-state index contributed by atoms with van der Waals surface area (Å²) in [6.07, 6.45) is 4.34. The third-order valence-corrected chi connectivity index (χ3v) is 4.04. The monoisotopic (exact) mass is 420 g/mol. The van der Waals surface area contributed by atoms with Gasteiger partial charge in [0.2, 0.25) is 0 Å². The van der Waals surface area contributed by atoms with Crippen molar-refractivity contribution < 1.29 is 0 Å². The van der Waals surface area contributed by atoms with E-state index >= 15 is 0 Å². The zero-order valence-corrected chi connectivity index (χ0v) is 16.4. The number of guanidine groups is 1. The molecule has 0 saturated carbocycles. The van der Waals surface area contributed by atoms with Crippen LogP contribution < -0.4 is 5.32 Å². The number of aromatic nitrogens is 3. The molecule has 1 saturated heterocycles. The molecule has 0 aromatic carbocycles. The van der Waals surface area contributed by atoms with Crippen LogP contribution in [0.2, 0.25) is 0 Å². The molecule has 0 amide bonds. The SMILES string of the molecule is CCn1cnnc1CNC(=NC)N1CCC(CC(C)C)C1.I. The predicted molar refractivity (Wildman–Crippen MR) is 100 cm³/mol. The molecule has 1 atom stereocenters. The van der Waals surface area contributed by atoms with Gasteiger partial charge in [-0.15, -0.1) is 34.2 Å². The molecule has 0 aliphatic carbocycles. The Bertz CT molecular complexity index is 470. The molecule has 1 aromatic rings. The average molecular weight is 420 g/mol. The molecule has 2 heterocycles. The van der Waals surface area contributed by atoms with Crippen molar-refractivity contribution in [1.82, 2.24) is 25.0 Å². The number of hydrogen-bond donors (Lipinski definition) is 1. The molecule has 1 N–H and O–H groups in total. The quantitative estimate of drug-likeness (QED) is 0.452. The summed E-state index contributed by atoms with van der Waals surface area (Å²) < 4.78 is 2.05. The van der Waals surface area contributed by atoms with Crippen LogP contribution in [-0.4, -0.2) is 45.8 Å². The number of nitrogens with one attached hydrogen (secondary N) is 1. The molecule has 0 spiro atoms.